The second kappa shape index (κ2) is 2.45. The van der Waals surface area contributed by atoms with Crippen LogP contribution in [0.5, 0.6) is 0 Å². The van der Waals surface area contributed by atoms with Gasteiger partial charge in [0, 0.05) is 10.6 Å². The number of fused-ring (bicyclic) bond motifs is 1. The minimum Gasteiger partial charge on any atom is -0.398 e. The van der Waals surface area contributed by atoms with Crippen molar-refractivity contribution in [1.82, 2.24) is 0 Å². The molecule has 0 spiro atoms. The molecule has 2 N–H and O–H groups in total. The molecule has 0 radical (unpaired) electrons. The molecule has 0 aliphatic heterocycles. The third kappa shape index (κ3) is 1.11. The monoisotopic (exact) mass is 165 g/mol. The molecule has 0 unspecified atom stereocenters. The number of rotatable bonds is 0. The normalized spacial score (nSPS) is 15.0. The molecule has 1 aliphatic carbocycles. The van der Waals surface area contributed by atoms with Crippen LogP contribution in [0.25, 0.3) is 0 Å². The lowest BCUT2D eigenvalue weighted by Gasteiger charge is -2.03. The summed E-state index contributed by atoms with van der Waals surface area (Å²) in [5.74, 6) is 0. The molecular weight excluding hydrogens is 154 g/mol. The van der Waals surface area contributed by atoms with Crippen molar-refractivity contribution in [3.05, 3.63) is 23.3 Å². The third-order valence-electron chi connectivity index (χ3n) is 2.24. The Bertz CT molecular complexity index is 265. The molecule has 1 aromatic carbocycles. The zero-order valence-electron chi connectivity index (χ0n) is 6.30. The topological polar surface area (TPSA) is 26.0 Å². The van der Waals surface area contributed by atoms with Gasteiger partial charge in [0.15, 0.2) is 0 Å². The van der Waals surface area contributed by atoms with Gasteiger partial charge >= 0.3 is 0 Å². The smallest absolute Gasteiger partial charge is 0.0452 e. The van der Waals surface area contributed by atoms with Gasteiger partial charge in [-0.25, -0.2) is 0 Å². The van der Waals surface area contributed by atoms with Crippen molar-refractivity contribution in [3.8, 4) is 0 Å². The summed E-state index contributed by atoms with van der Waals surface area (Å²) < 4.78 is 0. The minimum absolute atomic E-state index is 0.814. The number of nitrogen functional groups attached to an aromatic ring is 1. The molecule has 0 saturated heterocycles. The van der Waals surface area contributed by atoms with Crippen molar-refractivity contribution in [2.75, 3.05) is 5.73 Å². The largest absolute Gasteiger partial charge is 0.398 e. The average molecular weight is 165 g/mol. The first kappa shape index (κ1) is 7.04. The number of thiol groups is 1. The van der Waals surface area contributed by atoms with Gasteiger partial charge in [-0.1, -0.05) is 0 Å². The Morgan fingerprint density at radius 2 is 1.82 bits per heavy atom. The highest BCUT2D eigenvalue weighted by Crippen LogP contribution is 2.28. The van der Waals surface area contributed by atoms with Crippen LogP contribution >= 0.6 is 12.6 Å². The van der Waals surface area contributed by atoms with Crippen molar-refractivity contribution >= 4 is 18.3 Å². The van der Waals surface area contributed by atoms with Crippen LogP contribution in [0.3, 0.4) is 0 Å². The summed E-state index contributed by atoms with van der Waals surface area (Å²) in [6, 6.07) is 4.16. The molecule has 0 saturated carbocycles. The van der Waals surface area contributed by atoms with Gasteiger partial charge < -0.3 is 5.73 Å². The van der Waals surface area contributed by atoms with Crippen LogP contribution in [0.4, 0.5) is 5.69 Å². The summed E-state index contributed by atoms with van der Waals surface area (Å²) >= 11 is 4.27. The van der Waals surface area contributed by atoms with Crippen LogP contribution in [0.2, 0.25) is 0 Å². The van der Waals surface area contributed by atoms with Gasteiger partial charge in [0.25, 0.3) is 0 Å². The summed E-state index contributed by atoms with van der Waals surface area (Å²) in [6.45, 7) is 0. The third-order valence-corrected chi connectivity index (χ3v) is 2.63. The Morgan fingerprint density at radius 1 is 1.18 bits per heavy atom. The maximum absolute atomic E-state index is 5.72. The van der Waals surface area contributed by atoms with Gasteiger partial charge in [0.05, 0.1) is 0 Å². The molecule has 1 aliphatic rings. The minimum atomic E-state index is 0.814. The predicted octanol–water partition coefficient (Wildman–Crippen LogP) is 2.05. The summed E-state index contributed by atoms with van der Waals surface area (Å²) in [4.78, 5) is 0.922. The second-order valence-corrected chi connectivity index (χ2v) is 3.52. The average Bonchev–Trinajstić information content (AvgIpc) is 2.36. The van der Waals surface area contributed by atoms with E-state index in [1.54, 1.807) is 0 Å². The fourth-order valence-corrected chi connectivity index (χ4v) is 1.85. The summed E-state index contributed by atoms with van der Waals surface area (Å²) in [5.41, 5.74) is 9.38. The molecule has 1 nitrogen and oxygen atoms in total. The SMILES string of the molecule is Nc1cc2c(cc1S)CCC2. The summed E-state index contributed by atoms with van der Waals surface area (Å²) in [6.07, 6.45) is 3.66. The van der Waals surface area contributed by atoms with Crippen LogP contribution < -0.4 is 5.73 Å². The van der Waals surface area contributed by atoms with Crippen molar-refractivity contribution in [2.24, 2.45) is 0 Å². The van der Waals surface area contributed by atoms with Crippen LogP contribution in [0.1, 0.15) is 17.5 Å². The zero-order chi connectivity index (χ0) is 7.84. The lowest BCUT2D eigenvalue weighted by molar-refractivity contribution is 0.911. The zero-order valence-corrected chi connectivity index (χ0v) is 7.20. The van der Waals surface area contributed by atoms with Crippen LogP contribution in [-0.2, 0) is 12.8 Å². The van der Waals surface area contributed by atoms with Crippen molar-refractivity contribution in [3.63, 3.8) is 0 Å². The first-order valence-electron chi connectivity index (χ1n) is 3.87. The summed E-state index contributed by atoms with van der Waals surface area (Å²) in [5, 5.41) is 0. The molecule has 2 heteroatoms. The number of benzene rings is 1. The predicted molar refractivity (Wildman–Crippen MR) is 50.1 cm³/mol. The standard InChI is InChI=1S/C9H11NS/c10-8-4-6-2-1-3-7(6)5-9(8)11/h4-5,11H,1-3,10H2. The van der Waals surface area contributed by atoms with Crippen molar-refractivity contribution in [2.45, 2.75) is 24.2 Å². The van der Waals surface area contributed by atoms with Gasteiger partial charge in [0.2, 0.25) is 0 Å². The lowest BCUT2D eigenvalue weighted by Crippen LogP contribution is -1.90. The van der Waals surface area contributed by atoms with Crippen LogP contribution in [-0.4, -0.2) is 0 Å². The Labute approximate surface area is 72.0 Å². The highest BCUT2D eigenvalue weighted by molar-refractivity contribution is 7.80. The van der Waals surface area contributed by atoms with Crippen molar-refractivity contribution in [1.29, 1.82) is 0 Å². The van der Waals surface area contributed by atoms with Crippen molar-refractivity contribution < 1.29 is 0 Å². The van der Waals surface area contributed by atoms with Gasteiger partial charge in [-0.05, 0) is 42.5 Å². The Morgan fingerprint density at radius 3 is 2.55 bits per heavy atom. The van der Waals surface area contributed by atoms with Gasteiger partial charge in [0.1, 0.15) is 0 Å². The van der Waals surface area contributed by atoms with Gasteiger partial charge in [-0.15, -0.1) is 12.6 Å². The second-order valence-electron chi connectivity index (χ2n) is 3.03. The number of hydrogen-bond donors (Lipinski definition) is 2. The molecule has 0 amide bonds. The van der Waals surface area contributed by atoms with E-state index in [9.17, 15) is 0 Å². The molecule has 58 valence electrons. The van der Waals surface area contributed by atoms with Crippen LogP contribution in [0.15, 0.2) is 17.0 Å². The molecule has 0 atom stereocenters. The molecular formula is C9H11NS. The first-order valence-corrected chi connectivity index (χ1v) is 4.32. The van der Waals surface area contributed by atoms with Crippen LogP contribution in [0, 0.1) is 0 Å². The Balaban J connectivity index is 2.57. The fraction of sp³-hybridized carbons (Fsp3) is 0.333. The van der Waals surface area contributed by atoms with E-state index in [4.69, 9.17) is 5.73 Å². The maximum Gasteiger partial charge on any atom is 0.0452 e. The fourth-order valence-electron chi connectivity index (χ4n) is 1.63. The van der Waals surface area contributed by atoms with E-state index in [1.807, 2.05) is 0 Å². The lowest BCUT2D eigenvalue weighted by atomic mass is 10.1. The van der Waals surface area contributed by atoms with E-state index in [-0.39, 0.29) is 0 Å². The van der Waals surface area contributed by atoms with E-state index in [0.717, 1.165) is 10.6 Å². The number of anilines is 1. The Hall–Kier alpha value is -0.630. The molecule has 0 fully saturated rings. The highest BCUT2D eigenvalue weighted by atomic mass is 32.1. The van der Waals surface area contributed by atoms with E-state index in [0.29, 0.717) is 0 Å². The first-order chi connectivity index (χ1) is 5.27. The van der Waals surface area contributed by atoms with E-state index < -0.39 is 0 Å². The molecule has 1 aromatic rings. The van der Waals surface area contributed by atoms with E-state index in [2.05, 4.69) is 24.8 Å². The number of nitrogens with two attached hydrogens (primary N) is 1. The summed E-state index contributed by atoms with van der Waals surface area (Å²) in [7, 11) is 0. The van der Waals surface area contributed by atoms with Gasteiger partial charge in [-0.2, -0.15) is 0 Å². The molecule has 0 bridgehead atoms. The van der Waals surface area contributed by atoms with E-state index >= 15 is 0 Å². The molecule has 11 heavy (non-hydrogen) atoms. The maximum atomic E-state index is 5.72. The highest BCUT2D eigenvalue weighted by Gasteiger charge is 2.11. The molecule has 2 rings (SSSR count). The molecule has 0 aromatic heterocycles. The quantitative estimate of drug-likeness (QED) is 0.446. The van der Waals surface area contributed by atoms with E-state index in [1.165, 1.54) is 30.4 Å². The number of aryl methyl sites for hydroxylation is 2. The van der Waals surface area contributed by atoms with Gasteiger partial charge in [-0.3, -0.25) is 0 Å². The number of hydrogen-bond acceptors (Lipinski definition) is 2. The molecule has 0 heterocycles. The Kier molecular flexibility index (Phi) is 1.57.